The van der Waals surface area contributed by atoms with Crippen LogP contribution in [0.4, 0.5) is 4.39 Å². The van der Waals surface area contributed by atoms with Crippen molar-refractivity contribution in [3.63, 3.8) is 0 Å². The number of piperidine rings is 1. The van der Waals surface area contributed by atoms with E-state index < -0.39 is 6.10 Å². The SMILES string of the molecule is Cc1ccc(C(O)C2(N3CCCCC3)CCCC2)cc1F. The first kappa shape index (κ1) is 15.0. The van der Waals surface area contributed by atoms with Gasteiger partial charge in [0.1, 0.15) is 5.82 Å². The van der Waals surface area contributed by atoms with Gasteiger partial charge < -0.3 is 5.11 Å². The second-order valence-corrected chi connectivity index (χ2v) is 6.77. The maximum Gasteiger partial charge on any atom is 0.126 e. The quantitative estimate of drug-likeness (QED) is 0.911. The smallest absolute Gasteiger partial charge is 0.126 e. The first-order valence-electron chi connectivity index (χ1n) is 8.33. The van der Waals surface area contributed by atoms with Crippen molar-refractivity contribution in [2.24, 2.45) is 0 Å². The molecule has 2 aliphatic rings. The van der Waals surface area contributed by atoms with Gasteiger partial charge in [-0.2, -0.15) is 0 Å². The zero-order valence-corrected chi connectivity index (χ0v) is 12.9. The number of aliphatic hydroxyl groups excluding tert-OH is 1. The van der Waals surface area contributed by atoms with Gasteiger partial charge in [0.2, 0.25) is 0 Å². The fraction of sp³-hybridized carbons (Fsp3) is 0.667. The van der Waals surface area contributed by atoms with Crippen molar-refractivity contribution >= 4 is 0 Å². The largest absolute Gasteiger partial charge is 0.386 e. The molecule has 1 aromatic rings. The Hall–Kier alpha value is -0.930. The Morgan fingerprint density at radius 2 is 1.76 bits per heavy atom. The number of hydrogen-bond donors (Lipinski definition) is 1. The molecule has 2 nitrogen and oxygen atoms in total. The summed E-state index contributed by atoms with van der Waals surface area (Å²) < 4.78 is 13.9. The predicted molar refractivity (Wildman–Crippen MR) is 82.7 cm³/mol. The zero-order chi connectivity index (χ0) is 14.9. The van der Waals surface area contributed by atoms with Crippen LogP contribution in [0.25, 0.3) is 0 Å². The van der Waals surface area contributed by atoms with E-state index >= 15 is 0 Å². The van der Waals surface area contributed by atoms with Crippen LogP contribution in [-0.4, -0.2) is 28.6 Å². The lowest BCUT2D eigenvalue weighted by molar-refractivity contribution is -0.0406. The summed E-state index contributed by atoms with van der Waals surface area (Å²) >= 11 is 0. The molecule has 0 bridgehead atoms. The molecule has 1 aromatic carbocycles. The molecular weight excluding hydrogens is 265 g/mol. The number of rotatable bonds is 3. The van der Waals surface area contributed by atoms with Gasteiger partial charge in [0.05, 0.1) is 11.6 Å². The highest BCUT2D eigenvalue weighted by molar-refractivity contribution is 5.28. The molecule has 0 amide bonds. The van der Waals surface area contributed by atoms with Crippen molar-refractivity contribution < 1.29 is 9.50 Å². The number of aliphatic hydroxyl groups is 1. The van der Waals surface area contributed by atoms with E-state index in [1.54, 1.807) is 13.0 Å². The Morgan fingerprint density at radius 3 is 2.38 bits per heavy atom. The number of likely N-dealkylation sites (tertiary alicyclic amines) is 1. The summed E-state index contributed by atoms with van der Waals surface area (Å²) in [6.07, 6.45) is 7.56. The second-order valence-electron chi connectivity index (χ2n) is 6.77. The van der Waals surface area contributed by atoms with Crippen molar-refractivity contribution in [1.29, 1.82) is 0 Å². The van der Waals surface area contributed by atoms with E-state index in [9.17, 15) is 9.50 Å². The summed E-state index contributed by atoms with van der Waals surface area (Å²) in [5.41, 5.74) is 1.22. The zero-order valence-electron chi connectivity index (χ0n) is 12.9. The highest BCUT2D eigenvalue weighted by Crippen LogP contribution is 2.45. The molecule has 1 saturated carbocycles. The van der Waals surface area contributed by atoms with Crippen molar-refractivity contribution in [3.05, 3.63) is 35.1 Å². The van der Waals surface area contributed by atoms with Crippen LogP contribution in [-0.2, 0) is 0 Å². The normalized spacial score (nSPS) is 24.1. The molecule has 1 aliphatic heterocycles. The minimum absolute atomic E-state index is 0.165. The lowest BCUT2D eigenvalue weighted by Crippen LogP contribution is -2.53. The van der Waals surface area contributed by atoms with Gasteiger partial charge in [0.15, 0.2) is 0 Å². The third-order valence-corrected chi connectivity index (χ3v) is 5.48. The molecule has 1 N–H and O–H groups in total. The van der Waals surface area contributed by atoms with Crippen LogP contribution in [0.1, 0.15) is 62.2 Å². The van der Waals surface area contributed by atoms with Gasteiger partial charge in [-0.05, 0) is 62.9 Å². The molecule has 0 radical (unpaired) electrons. The molecule has 3 rings (SSSR count). The lowest BCUT2D eigenvalue weighted by atomic mass is 9.82. The van der Waals surface area contributed by atoms with E-state index in [-0.39, 0.29) is 11.4 Å². The van der Waals surface area contributed by atoms with Gasteiger partial charge in [-0.25, -0.2) is 4.39 Å². The molecule has 1 aliphatic carbocycles. The van der Waals surface area contributed by atoms with Gasteiger partial charge >= 0.3 is 0 Å². The molecule has 1 saturated heterocycles. The molecule has 1 heterocycles. The number of aryl methyl sites for hydroxylation is 1. The van der Waals surface area contributed by atoms with Crippen LogP contribution in [0.5, 0.6) is 0 Å². The molecule has 0 spiro atoms. The predicted octanol–water partition coefficient (Wildman–Crippen LogP) is 3.97. The maximum absolute atomic E-state index is 13.9. The van der Waals surface area contributed by atoms with Crippen LogP contribution in [0.3, 0.4) is 0 Å². The van der Waals surface area contributed by atoms with Gasteiger partial charge in [-0.3, -0.25) is 4.90 Å². The van der Waals surface area contributed by atoms with E-state index in [0.29, 0.717) is 5.56 Å². The summed E-state index contributed by atoms with van der Waals surface area (Å²) in [4.78, 5) is 2.49. The summed E-state index contributed by atoms with van der Waals surface area (Å²) in [5.74, 6) is -0.210. The van der Waals surface area contributed by atoms with Crippen molar-refractivity contribution in [2.75, 3.05) is 13.1 Å². The van der Waals surface area contributed by atoms with Crippen molar-refractivity contribution in [2.45, 2.75) is 63.5 Å². The first-order chi connectivity index (χ1) is 10.1. The Balaban J connectivity index is 1.90. The molecule has 2 fully saturated rings. The fourth-order valence-electron chi connectivity index (χ4n) is 4.18. The Morgan fingerprint density at radius 1 is 1.10 bits per heavy atom. The minimum Gasteiger partial charge on any atom is -0.386 e. The highest BCUT2D eigenvalue weighted by Gasteiger charge is 2.46. The number of hydrogen-bond acceptors (Lipinski definition) is 2. The van der Waals surface area contributed by atoms with Crippen molar-refractivity contribution in [3.8, 4) is 0 Å². The standard InChI is InChI=1S/C18H26FNO/c1-14-7-8-15(13-16(14)19)17(21)18(9-3-4-10-18)20-11-5-2-6-12-20/h7-8,13,17,21H,2-6,9-12H2,1H3. The molecule has 0 aromatic heterocycles. The topological polar surface area (TPSA) is 23.5 Å². The number of halogens is 1. The van der Waals surface area contributed by atoms with Crippen LogP contribution in [0.15, 0.2) is 18.2 Å². The van der Waals surface area contributed by atoms with E-state index in [4.69, 9.17) is 0 Å². The van der Waals surface area contributed by atoms with Crippen LogP contribution >= 0.6 is 0 Å². The lowest BCUT2D eigenvalue weighted by Gasteiger charge is -2.46. The van der Waals surface area contributed by atoms with Crippen LogP contribution < -0.4 is 0 Å². The van der Waals surface area contributed by atoms with E-state index in [1.807, 2.05) is 6.07 Å². The maximum atomic E-state index is 13.9. The Labute approximate surface area is 127 Å². The summed E-state index contributed by atoms with van der Waals surface area (Å²) in [7, 11) is 0. The minimum atomic E-state index is -0.576. The Bertz CT molecular complexity index is 490. The second kappa shape index (κ2) is 6.05. The summed E-state index contributed by atoms with van der Waals surface area (Å²) in [6, 6.07) is 5.21. The molecule has 1 atom stereocenters. The van der Waals surface area contributed by atoms with E-state index in [0.717, 1.165) is 31.5 Å². The third kappa shape index (κ3) is 2.74. The summed E-state index contributed by atoms with van der Waals surface area (Å²) in [5, 5.41) is 11.0. The van der Waals surface area contributed by atoms with Crippen LogP contribution in [0.2, 0.25) is 0 Å². The van der Waals surface area contributed by atoms with E-state index in [2.05, 4.69) is 4.90 Å². The molecule has 116 valence electrons. The molecule has 21 heavy (non-hydrogen) atoms. The van der Waals surface area contributed by atoms with Gasteiger partial charge in [-0.15, -0.1) is 0 Å². The fourth-order valence-corrected chi connectivity index (χ4v) is 4.18. The molecular formula is C18H26FNO. The molecule has 3 heteroatoms. The summed E-state index contributed by atoms with van der Waals surface area (Å²) in [6.45, 7) is 3.91. The van der Waals surface area contributed by atoms with E-state index in [1.165, 1.54) is 38.2 Å². The average molecular weight is 291 g/mol. The number of benzene rings is 1. The van der Waals surface area contributed by atoms with Crippen molar-refractivity contribution in [1.82, 2.24) is 4.90 Å². The van der Waals surface area contributed by atoms with Gasteiger partial charge in [0, 0.05) is 0 Å². The molecule has 1 unspecified atom stereocenters. The van der Waals surface area contributed by atoms with Gasteiger partial charge in [0.25, 0.3) is 0 Å². The monoisotopic (exact) mass is 291 g/mol. The third-order valence-electron chi connectivity index (χ3n) is 5.48. The first-order valence-corrected chi connectivity index (χ1v) is 8.33. The number of nitrogens with zero attached hydrogens (tertiary/aromatic N) is 1. The van der Waals surface area contributed by atoms with Crippen LogP contribution in [0, 0.1) is 12.7 Å². The highest BCUT2D eigenvalue weighted by atomic mass is 19.1. The average Bonchev–Trinajstić information content (AvgIpc) is 3.01. The van der Waals surface area contributed by atoms with Gasteiger partial charge in [-0.1, -0.05) is 31.4 Å². The Kier molecular flexibility index (Phi) is 4.32.